The first-order chi connectivity index (χ1) is 7.01. The molecule has 4 aliphatic carbocycles. The summed E-state index contributed by atoms with van der Waals surface area (Å²) in [7, 11) is 0. The van der Waals surface area contributed by atoms with E-state index < -0.39 is 0 Å². The highest BCUT2D eigenvalue weighted by Gasteiger charge is 2.56. The number of rotatable bonds is 0. The van der Waals surface area contributed by atoms with E-state index in [0.29, 0.717) is 11.2 Å². The Morgan fingerprint density at radius 1 is 1.27 bits per heavy atom. The first kappa shape index (κ1) is 9.62. The minimum absolute atomic E-state index is 0.419. The van der Waals surface area contributed by atoms with Crippen LogP contribution in [0.4, 0.5) is 0 Å². The van der Waals surface area contributed by atoms with Crippen LogP contribution in [-0.2, 0) is 4.79 Å². The summed E-state index contributed by atoms with van der Waals surface area (Å²) in [5.74, 6) is 2.84. The maximum absolute atomic E-state index is 11.8. The van der Waals surface area contributed by atoms with Gasteiger partial charge < -0.3 is 0 Å². The van der Waals surface area contributed by atoms with Crippen LogP contribution in [0.2, 0.25) is 0 Å². The highest BCUT2D eigenvalue weighted by Crippen LogP contribution is 2.64. The smallest absolute Gasteiger partial charge is 0.158 e. The third-order valence-corrected chi connectivity index (χ3v) is 5.43. The molecule has 0 N–H and O–H groups in total. The van der Waals surface area contributed by atoms with Crippen molar-refractivity contribution in [2.45, 2.75) is 46.5 Å². The van der Waals surface area contributed by atoms with Crippen molar-refractivity contribution in [1.29, 1.82) is 0 Å². The van der Waals surface area contributed by atoms with E-state index in [1.165, 1.54) is 12.8 Å². The van der Waals surface area contributed by atoms with Crippen LogP contribution < -0.4 is 0 Å². The lowest BCUT2D eigenvalue weighted by molar-refractivity contribution is -0.118. The van der Waals surface area contributed by atoms with E-state index in [1.807, 2.05) is 0 Å². The van der Waals surface area contributed by atoms with Crippen LogP contribution in [-0.4, -0.2) is 5.78 Å². The fourth-order valence-electron chi connectivity index (χ4n) is 4.19. The average Bonchev–Trinajstić information content (AvgIpc) is 2.22. The standard InChI is InChI=1S/C14H20O/c1-8-12(15)5-4-9-6-10-7-11(13(8)9)14(10,2)3/h9-11H,4-7H2,1-3H3/t9-,10+,11+/m1/s1. The molecule has 0 aromatic rings. The third kappa shape index (κ3) is 1.07. The molecule has 4 rings (SSSR count). The minimum atomic E-state index is 0.419. The maximum atomic E-state index is 11.8. The van der Waals surface area contributed by atoms with Crippen molar-refractivity contribution in [2.24, 2.45) is 23.2 Å². The molecule has 1 heteroatoms. The van der Waals surface area contributed by atoms with Gasteiger partial charge in [0, 0.05) is 6.42 Å². The summed E-state index contributed by atoms with van der Waals surface area (Å²) in [5, 5.41) is 0. The molecule has 0 aliphatic heterocycles. The van der Waals surface area contributed by atoms with Gasteiger partial charge in [-0.1, -0.05) is 19.4 Å². The summed E-state index contributed by atoms with van der Waals surface area (Å²) in [6, 6.07) is 0. The topological polar surface area (TPSA) is 17.1 Å². The van der Waals surface area contributed by atoms with Gasteiger partial charge in [-0.3, -0.25) is 4.79 Å². The Bertz CT molecular complexity index is 362. The normalized spacial score (nSPS) is 42.3. The summed E-state index contributed by atoms with van der Waals surface area (Å²) in [6.45, 7) is 6.85. The Hall–Kier alpha value is -0.590. The van der Waals surface area contributed by atoms with E-state index in [-0.39, 0.29) is 0 Å². The van der Waals surface area contributed by atoms with Crippen molar-refractivity contribution in [1.82, 2.24) is 0 Å². The lowest BCUT2D eigenvalue weighted by Crippen LogP contribution is -2.53. The van der Waals surface area contributed by atoms with E-state index in [0.717, 1.165) is 36.2 Å². The van der Waals surface area contributed by atoms with Gasteiger partial charge in [0.15, 0.2) is 5.78 Å². The van der Waals surface area contributed by atoms with Gasteiger partial charge in [0.1, 0.15) is 0 Å². The highest BCUT2D eigenvalue weighted by molar-refractivity contribution is 5.96. The van der Waals surface area contributed by atoms with Gasteiger partial charge in [-0.2, -0.15) is 0 Å². The third-order valence-electron chi connectivity index (χ3n) is 5.43. The number of ketones is 1. The van der Waals surface area contributed by atoms with E-state index in [4.69, 9.17) is 0 Å². The number of Topliss-reactive ketones (excluding diaryl/α,β-unsaturated/α-hetero) is 1. The molecule has 0 radical (unpaired) electrons. The lowest BCUT2D eigenvalue weighted by atomic mass is 9.43. The fourth-order valence-corrected chi connectivity index (χ4v) is 4.19. The molecular weight excluding hydrogens is 184 g/mol. The SMILES string of the molecule is CC1=C2[C@H](CCC1=O)C[C@H]1C[C@@H]2C1(C)C. The molecule has 0 aromatic heterocycles. The van der Waals surface area contributed by atoms with E-state index in [9.17, 15) is 4.79 Å². The molecule has 3 atom stereocenters. The Kier molecular flexibility index (Phi) is 1.76. The van der Waals surface area contributed by atoms with Crippen molar-refractivity contribution in [3.8, 4) is 0 Å². The Labute approximate surface area is 91.9 Å². The second-order valence-electron chi connectivity index (χ2n) is 6.28. The predicted octanol–water partition coefficient (Wildman–Crippen LogP) is 3.35. The molecule has 3 fully saturated rings. The van der Waals surface area contributed by atoms with E-state index in [2.05, 4.69) is 20.8 Å². The van der Waals surface area contributed by atoms with Gasteiger partial charge >= 0.3 is 0 Å². The van der Waals surface area contributed by atoms with Gasteiger partial charge in [-0.05, 0) is 54.9 Å². The van der Waals surface area contributed by atoms with Crippen LogP contribution in [0.25, 0.3) is 0 Å². The van der Waals surface area contributed by atoms with Gasteiger partial charge in [0.25, 0.3) is 0 Å². The van der Waals surface area contributed by atoms with Crippen LogP contribution in [0.15, 0.2) is 11.1 Å². The zero-order valence-electron chi connectivity index (χ0n) is 9.97. The molecule has 0 heterocycles. The number of allylic oxidation sites excluding steroid dienone is 2. The molecular formula is C14H20O. The largest absolute Gasteiger partial charge is 0.295 e. The Morgan fingerprint density at radius 3 is 2.67 bits per heavy atom. The summed E-state index contributed by atoms with van der Waals surface area (Å²) in [4.78, 5) is 11.8. The lowest BCUT2D eigenvalue weighted by Gasteiger charge is -2.61. The van der Waals surface area contributed by atoms with Crippen molar-refractivity contribution in [3.05, 3.63) is 11.1 Å². The van der Waals surface area contributed by atoms with Crippen LogP contribution in [0.1, 0.15) is 46.5 Å². The fraction of sp³-hybridized carbons (Fsp3) is 0.786. The van der Waals surface area contributed by atoms with Gasteiger partial charge in [-0.25, -0.2) is 0 Å². The van der Waals surface area contributed by atoms with Crippen molar-refractivity contribution in [2.75, 3.05) is 0 Å². The summed E-state index contributed by atoms with van der Waals surface area (Å²) >= 11 is 0. The molecule has 82 valence electrons. The van der Waals surface area contributed by atoms with Crippen molar-refractivity contribution >= 4 is 5.78 Å². The minimum Gasteiger partial charge on any atom is -0.295 e. The predicted molar refractivity (Wildman–Crippen MR) is 60.4 cm³/mol. The summed E-state index contributed by atoms with van der Waals surface area (Å²) in [6.07, 6.45) is 4.64. The van der Waals surface area contributed by atoms with E-state index >= 15 is 0 Å². The molecule has 0 unspecified atom stereocenters. The molecule has 2 bridgehead atoms. The Morgan fingerprint density at radius 2 is 2.00 bits per heavy atom. The van der Waals surface area contributed by atoms with Gasteiger partial charge in [0.05, 0.1) is 0 Å². The maximum Gasteiger partial charge on any atom is 0.158 e. The zero-order chi connectivity index (χ0) is 10.8. The zero-order valence-corrected chi connectivity index (χ0v) is 9.97. The van der Waals surface area contributed by atoms with Gasteiger partial charge in [-0.15, -0.1) is 0 Å². The quantitative estimate of drug-likeness (QED) is 0.591. The van der Waals surface area contributed by atoms with Crippen LogP contribution in [0.5, 0.6) is 0 Å². The monoisotopic (exact) mass is 204 g/mol. The van der Waals surface area contributed by atoms with E-state index in [1.54, 1.807) is 5.57 Å². The van der Waals surface area contributed by atoms with Gasteiger partial charge in [0.2, 0.25) is 0 Å². The number of hydrogen-bond acceptors (Lipinski definition) is 1. The van der Waals surface area contributed by atoms with Crippen molar-refractivity contribution < 1.29 is 4.79 Å². The first-order valence-corrected chi connectivity index (χ1v) is 6.25. The first-order valence-electron chi connectivity index (χ1n) is 6.25. The molecule has 0 saturated heterocycles. The number of carbonyl (C=O) groups is 1. The Balaban J connectivity index is 2.05. The molecule has 0 amide bonds. The molecule has 0 aromatic carbocycles. The molecule has 0 spiro atoms. The molecule has 15 heavy (non-hydrogen) atoms. The summed E-state index contributed by atoms with van der Waals surface area (Å²) < 4.78 is 0. The van der Waals surface area contributed by atoms with Crippen molar-refractivity contribution in [3.63, 3.8) is 0 Å². The van der Waals surface area contributed by atoms with Crippen LogP contribution in [0, 0.1) is 23.2 Å². The molecule has 4 aliphatic rings. The highest BCUT2D eigenvalue weighted by atomic mass is 16.1. The molecule has 1 nitrogen and oxygen atoms in total. The second-order valence-corrected chi connectivity index (χ2v) is 6.28. The summed E-state index contributed by atoms with van der Waals surface area (Å²) in [5.41, 5.74) is 3.16. The second kappa shape index (κ2) is 2.75. The number of carbonyl (C=O) groups excluding carboxylic acids is 1. The number of hydrogen-bond donors (Lipinski definition) is 0. The van der Waals surface area contributed by atoms with Crippen LogP contribution in [0.3, 0.4) is 0 Å². The average molecular weight is 204 g/mol. The molecule has 3 saturated carbocycles. The van der Waals surface area contributed by atoms with Crippen LogP contribution >= 0.6 is 0 Å².